The van der Waals surface area contributed by atoms with E-state index >= 15 is 0 Å². The second-order valence-electron chi connectivity index (χ2n) is 7.99. The number of piperidine rings is 1. The minimum atomic E-state index is 0.272. The zero-order valence-corrected chi connectivity index (χ0v) is 18.8. The normalized spacial score (nSPS) is 15.4. The van der Waals surface area contributed by atoms with Gasteiger partial charge in [0.15, 0.2) is 0 Å². The molecule has 3 rings (SSSR count). The van der Waals surface area contributed by atoms with E-state index < -0.39 is 0 Å². The number of carbonyl (C=O) groups is 1. The topological polar surface area (TPSA) is 36.4 Å². The van der Waals surface area contributed by atoms with Gasteiger partial charge in [0.25, 0.3) is 0 Å². The van der Waals surface area contributed by atoms with E-state index in [1.54, 1.807) is 11.8 Å². The molecule has 0 bridgehead atoms. The molecule has 0 aliphatic carbocycles. The summed E-state index contributed by atoms with van der Waals surface area (Å²) in [5.41, 5.74) is 3.79. The predicted molar refractivity (Wildman–Crippen MR) is 121 cm³/mol. The molecule has 0 spiro atoms. The highest BCUT2D eigenvalue weighted by Crippen LogP contribution is 2.23. The van der Waals surface area contributed by atoms with Crippen LogP contribution in [-0.2, 0) is 11.2 Å². The van der Waals surface area contributed by atoms with Gasteiger partial charge in [-0.3, -0.25) is 9.78 Å². The van der Waals surface area contributed by atoms with Crippen molar-refractivity contribution < 1.29 is 4.79 Å². The first-order valence-corrected chi connectivity index (χ1v) is 11.6. The largest absolute Gasteiger partial charge is 0.343 e. The summed E-state index contributed by atoms with van der Waals surface area (Å²) < 4.78 is 0. The maximum absolute atomic E-state index is 12.6. The average Bonchev–Trinajstić information content (AvgIpc) is 2.75. The van der Waals surface area contributed by atoms with Gasteiger partial charge in [-0.25, -0.2) is 0 Å². The van der Waals surface area contributed by atoms with Gasteiger partial charge in [-0.1, -0.05) is 12.1 Å². The molecule has 4 nitrogen and oxygen atoms in total. The minimum absolute atomic E-state index is 0.272. The van der Waals surface area contributed by atoms with E-state index in [0.29, 0.717) is 12.5 Å². The number of nitrogens with zero attached hydrogens (tertiary/aromatic N) is 3. The zero-order chi connectivity index (χ0) is 20.6. The molecule has 1 amide bonds. The van der Waals surface area contributed by atoms with Crippen LogP contribution in [0, 0.1) is 13.8 Å². The van der Waals surface area contributed by atoms with E-state index in [1.165, 1.54) is 16.0 Å². The molecule has 2 heterocycles. The smallest absolute Gasteiger partial charge is 0.223 e. The average molecular weight is 412 g/mol. The number of hydrogen-bond donors (Lipinski definition) is 0. The summed E-state index contributed by atoms with van der Waals surface area (Å²) in [6.07, 6.45) is 5.59. The molecule has 156 valence electrons. The van der Waals surface area contributed by atoms with Crippen LogP contribution < -0.4 is 0 Å². The molecule has 0 radical (unpaired) electrons. The van der Waals surface area contributed by atoms with Crippen LogP contribution in [0.4, 0.5) is 0 Å². The number of likely N-dealkylation sites (tertiary alicyclic amines) is 1. The minimum Gasteiger partial charge on any atom is -0.343 e. The molecule has 1 saturated heterocycles. The first-order chi connectivity index (χ1) is 14.0. The Morgan fingerprint density at radius 3 is 2.66 bits per heavy atom. The molecule has 1 aliphatic rings. The number of aryl methyl sites for hydroxylation is 2. The van der Waals surface area contributed by atoms with Gasteiger partial charge < -0.3 is 9.80 Å². The molecule has 29 heavy (non-hydrogen) atoms. The Labute approximate surface area is 179 Å². The molecule has 0 saturated carbocycles. The lowest BCUT2D eigenvalue weighted by molar-refractivity contribution is -0.132. The maximum Gasteiger partial charge on any atom is 0.223 e. The number of amides is 1. The zero-order valence-electron chi connectivity index (χ0n) is 17.9. The van der Waals surface area contributed by atoms with Gasteiger partial charge >= 0.3 is 0 Å². The van der Waals surface area contributed by atoms with Gasteiger partial charge in [-0.2, -0.15) is 0 Å². The summed E-state index contributed by atoms with van der Waals surface area (Å²) >= 11 is 1.78. The van der Waals surface area contributed by atoms with Crippen LogP contribution in [0.3, 0.4) is 0 Å². The lowest BCUT2D eigenvalue weighted by Gasteiger charge is -2.36. The summed E-state index contributed by atoms with van der Waals surface area (Å²) in [6.45, 7) is 7.44. The Morgan fingerprint density at radius 1 is 1.17 bits per heavy atom. The van der Waals surface area contributed by atoms with Gasteiger partial charge in [0, 0.05) is 68.1 Å². The van der Waals surface area contributed by atoms with Crippen LogP contribution in [-0.4, -0.2) is 59.2 Å². The summed E-state index contributed by atoms with van der Waals surface area (Å²) in [5, 5.41) is 0. The fourth-order valence-electron chi connectivity index (χ4n) is 3.79. The van der Waals surface area contributed by atoms with E-state index in [2.05, 4.69) is 48.0 Å². The lowest BCUT2D eigenvalue weighted by atomic mass is 10.0. The molecule has 0 N–H and O–H groups in total. The number of carbonyl (C=O) groups excluding carboxylic acids is 1. The second kappa shape index (κ2) is 10.8. The maximum atomic E-state index is 12.6. The van der Waals surface area contributed by atoms with Crippen LogP contribution in [0.15, 0.2) is 47.5 Å². The van der Waals surface area contributed by atoms with Crippen LogP contribution in [0.5, 0.6) is 0 Å². The van der Waals surface area contributed by atoms with E-state index in [-0.39, 0.29) is 5.91 Å². The first-order valence-electron chi connectivity index (χ1n) is 10.6. The van der Waals surface area contributed by atoms with E-state index in [1.807, 2.05) is 30.3 Å². The molecule has 1 aliphatic heterocycles. The monoisotopic (exact) mass is 411 g/mol. The van der Waals surface area contributed by atoms with Crippen molar-refractivity contribution in [1.29, 1.82) is 0 Å². The Balaban J connectivity index is 1.36. The van der Waals surface area contributed by atoms with Gasteiger partial charge in [0.1, 0.15) is 0 Å². The number of rotatable bonds is 8. The molecular formula is C24H33N3OS. The Bertz CT molecular complexity index is 788. The summed E-state index contributed by atoms with van der Waals surface area (Å²) in [6, 6.07) is 13.0. The third-order valence-corrected chi connectivity index (χ3v) is 6.97. The van der Waals surface area contributed by atoms with Crippen molar-refractivity contribution in [2.24, 2.45) is 0 Å². The molecule has 2 aromatic rings. The van der Waals surface area contributed by atoms with Gasteiger partial charge in [-0.05, 0) is 62.1 Å². The van der Waals surface area contributed by atoms with Crippen LogP contribution >= 0.6 is 11.8 Å². The number of benzene rings is 1. The number of thioether (sulfide) groups is 1. The van der Waals surface area contributed by atoms with Crippen molar-refractivity contribution in [2.45, 2.75) is 50.5 Å². The SMILES string of the molecule is Cc1ccc(SCCC(=O)N(C)C2CCN(CCc3ccccn3)CC2)cc1C. The van der Waals surface area contributed by atoms with Gasteiger partial charge in [-0.15, -0.1) is 11.8 Å². The molecule has 1 aromatic carbocycles. The van der Waals surface area contributed by atoms with E-state index in [4.69, 9.17) is 0 Å². The standard InChI is InChI=1S/C24H33N3OS/c1-19-7-8-23(18-20(19)2)29-17-12-24(28)26(3)22-10-15-27(16-11-22)14-9-21-6-4-5-13-25-21/h4-8,13,18,22H,9-12,14-17H2,1-3H3. The number of aromatic nitrogens is 1. The Hall–Kier alpha value is -1.85. The fraction of sp³-hybridized carbons (Fsp3) is 0.500. The molecule has 0 atom stereocenters. The third-order valence-electron chi connectivity index (χ3n) is 5.97. The molecule has 5 heteroatoms. The lowest BCUT2D eigenvalue weighted by Crippen LogP contribution is -2.46. The van der Waals surface area contributed by atoms with Crippen molar-refractivity contribution >= 4 is 17.7 Å². The second-order valence-corrected chi connectivity index (χ2v) is 9.16. The van der Waals surface area contributed by atoms with Crippen molar-refractivity contribution in [1.82, 2.24) is 14.8 Å². The third kappa shape index (κ3) is 6.58. The highest BCUT2D eigenvalue weighted by Gasteiger charge is 2.25. The fourth-order valence-corrected chi connectivity index (χ4v) is 4.73. The van der Waals surface area contributed by atoms with Crippen LogP contribution in [0.1, 0.15) is 36.1 Å². The van der Waals surface area contributed by atoms with Crippen LogP contribution in [0.2, 0.25) is 0 Å². The van der Waals surface area contributed by atoms with Gasteiger partial charge in [0.05, 0.1) is 0 Å². The van der Waals surface area contributed by atoms with Crippen molar-refractivity contribution in [3.63, 3.8) is 0 Å². The van der Waals surface area contributed by atoms with Crippen molar-refractivity contribution in [2.75, 3.05) is 32.4 Å². The van der Waals surface area contributed by atoms with Crippen LogP contribution in [0.25, 0.3) is 0 Å². The first kappa shape index (κ1) is 21.8. The van der Waals surface area contributed by atoms with Crippen molar-refractivity contribution in [3.8, 4) is 0 Å². The predicted octanol–water partition coefficient (Wildman–Crippen LogP) is 4.35. The molecule has 0 unspecified atom stereocenters. The highest BCUT2D eigenvalue weighted by molar-refractivity contribution is 7.99. The summed E-state index contributed by atoms with van der Waals surface area (Å²) in [4.78, 5) is 22.8. The summed E-state index contributed by atoms with van der Waals surface area (Å²) in [7, 11) is 1.98. The molecule has 1 aromatic heterocycles. The number of pyridine rings is 1. The quantitative estimate of drug-likeness (QED) is 0.605. The van der Waals surface area contributed by atoms with Crippen molar-refractivity contribution in [3.05, 3.63) is 59.4 Å². The van der Waals surface area contributed by atoms with Gasteiger partial charge in [0.2, 0.25) is 5.91 Å². The molecular weight excluding hydrogens is 378 g/mol. The highest BCUT2D eigenvalue weighted by atomic mass is 32.2. The molecule has 1 fully saturated rings. The number of hydrogen-bond acceptors (Lipinski definition) is 4. The van der Waals surface area contributed by atoms with E-state index in [9.17, 15) is 4.79 Å². The Kier molecular flexibility index (Phi) is 8.13. The van der Waals surface area contributed by atoms with E-state index in [0.717, 1.165) is 50.3 Å². The Morgan fingerprint density at radius 2 is 1.97 bits per heavy atom. The summed E-state index contributed by atoms with van der Waals surface area (Å²) in [5.74, 6) is 1.11.